The highest BCUT2D eigenvalue weighted by Crippen LogP contribution is 2.23. The van der Waals surface area contributed by atoms with Crippen LogP contribution in [0.25, 0.3) is 16.6 Å². The molecule has 0 radical (unpaired) electrons. The quantitative estimate of drug-likeness (QED) is 0.312. The molecule has 0 aliphatic rings. The zero-order valence-corrected chi connectivity index (χ0v) is 19.4. The second kappa shape index (κ2) is 10.5. The fourth-order valence-corrected chi connectivity index (χ4v) is 4.27. The van der Waals surface area contributed by atoms with Crippen LogP contribution in [-0.4, -0.2) is 45.6 Å². The Hall–Kier alpha value is -4.05. The summed E-state index contributed by atoms with van der Waals surface area (Å²) in [5.74, 6) is -2.02. The highest BCUT2D eigenvalue weighted by atomic mass is 32.2. The Morgan fingerprint density at radius 2 is 1.69 bits per heavy atom. The molecule has 0 atom stereocenters. The number of likely N-dealkylation sites (N-methyl/N-ethyl adjacent to an activating group) is 1. The van der Waals surface area contributed by atoms with Gasteiger partial charge in [-0.05, 0) is 48.5 Å². The first-order valence-corrected chi connectivity index (χ1v) is 11.5. The van der Waals surface area contributed by atoms with Crippen molar-refractivity contribution in [2.45, 2.75) is 5.16 Å². The summed E-state index contributed by atoms with van der Waals surface area (Å²) < 4.78 is 28.7. The Balaban J connectivity index is 1.52. The monoisotopic (exact) mass is 494 g/mol. The third-order valence-corrected chi connectivity index (χ3v) is 6.02. The number of fused-ring (bicyclic) bond motifs is 1. The lowest BCUT2D eigenvalue weighted by Gasteiger charge is -2.18. The van der Waals surface area contributed by atoms with E-state index in [2.05, 4.69) is 10.3 Å². The minimum Gasteiger partial charge on any atom is -0.336 e. The zero-order valence-electron chi connectivity index (χ0n) is 18.6. The van der Waals surface area contributed by atoms with E-state index in [0.29, 0.717) is 16.6 Å². The molecule has 35 heavy (non-hydrogen) atoms. The smallest absolute Gasteiger partial charge is 0.266 e. The molecule has 1 N–H and O–H groups in total. The van der Waals surface area contributed by atoms with Crippen LogP contribution in [0.1, 0.15) is 0 Å². The van der Waals surface area contributed by atoms with Crippen LogP contribution >= 0.6 is 11.8 Å². The first kappa shape index (κ1) is 24.1. The molecule has 2 amide bonds. The SMILES string of the molecule is CN(CC(=O)Nc1ccc(F)cc1)C(=O)CSc1nc2ccccc2c(=O)n1-c1ccccc1F. The maximum atomic E-state index is 14.6. The third-order valence-electron chi connectivity index (χ3n) is 5.10. The number of rotatable bonds is 7. The fourth-order valence-electron chi connectivity index (χ4n) is 3.33. The van der Waals surface area contributed by atoms with E-state index in [9.17, 15) is 23.2 Å². The van der Waals surface area contributed by atoms with Crippen molar-refractivity contribution in [1.29, 1.82) is 0 Å². The van der Waals surface area contributed by atoms with Gasteiger partial charge in [0.05, 0.1) is 28.9 Å². The van der Waals surface area contributed by atoms with Crippen LogP contribution in [0.4, 0.5) is 14.5 Å². The van der Waals surface area contributed by atoms with Crippen molar-refractivity contribution in [3.8, 4) is 5.69 Å². The van der Waals surface area contributed by atoms with Crippen molar-refractivity contribution in [2.75, 3.05) is 24.7 Å². The largest absolute Gasteiger partial charge is 0.336 e. The summed E-state index contributed by atoms with van der Waals surface area (Å²) >= 11 is 0.969. The van der Waals surface area contributed by atoms with Gasteiger partial charge in [-0.3, -0.25) is 19.0 Å². The van der Waals surface area contributed by atoms with Crippen LogP contribution in [0.15, 0.2) is 82.7 Å². The normalized spacial score (nSPS) is 10.8. The summed E-state index contributed by atoms with van der Waals surface area (Å²) in [6.07, 6.45) is 0. The van der Waals surface area contributed by atoms with Crippen molar-refractivity contribution < 1.29 is 18.4 Å². The minimum atomic E-state index is -0.602. The molecular formula is C25H20F2N4O3S. The lowest BCUT2D eigenvalue weighted by atomic mass is 10.2. The number of nitrogens with zero attached hydrogens (tertiary/aromatic N) is 3. The molecule has 1 heterocycles. The van der Waals surface area contributed by atoms with Crippen LogP contribution in [-0.2, 0) is 9.59 Å². The molecular weight excluding hydrogens is 474 g/mol. The maximum absolute atomic E-state index is 14.6. The Morgan fingerprint density at radius 1 is 1.00 bits per heavy atom. The number of hydrogen-bond donors (Lipinski definition) is 1. The Bertz CT molecular complexity index is 1460. The number of carbonyl (C=O) groups is 2. The van der Waals surface area contributed by atoms with Gasteiger partial charge in [0.2, 0.25) is 11.8 Å². The molecule has 10 heteroatoms. The van der Waals surface area contributed by atoms with Gasteiger partial charge in [0.1, 0.15) is 11.6 Å². The number of thioether (sulfide) groups is 1. The molecule has 4 aromatic rings. The second-order valence-electron chi connectivity index (χ2n) is 7.60. The van der Waals surface area contributed by atoms with Crippen molar-refractivity contribution in [2.24, 2.45) is 0 Å². The predicted octanol–water partition coefficient (Wildman–Crippen LogP) is 3.85. The number of aromatic nitrogens is 2. The van der Waals surface area contributed by atoms with Crippen molar-refractivity contribution in [3.05, 3.63) is 94.8 Å². The van der Waals surface area contributed by atoms with E-state index in [1.807, 2.05) is 0 Å². The Kier molecular flexibility index (Phi) is 7.21. The van der Waals surface area contributed by atoms with Gasteiger partial charge in [-0.15, -0.1) is 0 Å². The van der Waals surface area contributed by atoms with Gasteiger partial charge >= 0.3 is 0 Å². The number of nitrogens with one attached hydrogen (secondary N) is 1. The predicted molar refractivity (Wildman–Crippen MR) is 131 cm³/mol. The van der Waals surface area contributed by atoms with E-state index < -0.39 is 29.0 Å². The molecule has 0 bridgehead atoms. The molecule has 0 saturated heterocycles. The zero-order chi connectivity index (χ0) is 24.9. The van der Waals surface area contributed by atoms with Gasteiger partial charge < -0.3 is 10.2 Å². The van der Waals surface area contributed by atoms with Crippen LogP contribution in [0, 0.1) is 11.6 Å². The molecule has 7 nitrogen and oxygen atoms in total. The third kappa shape index (κ3) is 5.55. The van der Waals surface area contributed by atoms with E-state index in [1.54, 1.807) is 30.3 Å². The number of carbonyl (C=O) groups excluding carboxylic acids is 2. The summed E-state index contributed by atoms with van der Waals surface area (Å²) in [4.78, 5) is 43.8. The van der Waals surface area contributed by atoms with Crippen LogP contribution in [0.5, 0.6) is 0 Å². The van der Waals surface area contributed by atoms with Gasteiger partial charge in [0.25, 0.3) is 5.56 Å². The molecule has 1 aromatic heterocycles. The summed E-state index contributed by atoms with van der Waals surface area (Å²) in [6, 6.07) is 17.8. The first-order chi connectivity index (χ1) is 16.8. The molecule has 0 aliphatic carbocycles. The minimum absolute atomic E-state index is 0.0257. The number of para-hydroxylation sites is 2. The molecule has 0 saturated carbocycles. The van der Waals surface area contributed by atoms with E-state index in [0.717, 1.165) is 16.3 Å². The summed E-state index contributed by atoms with van der Waals surface area (Å²) in [5.41, 5.74) is 0.397. The number of hydrogen-bond acceptors (Lipinski definition) is 5. The van der Waals surface area contributed by atoms with Gasteiger partial charge in [-0.25, -0.2) is 13.8 Å². The topological polar surface area (TPSA) is 84.3 Å². The lowest BCUT2D eigenvalue weighted by Crippen LogP contribution is -2.36. The summed E-state index contributed by atoms with van der Waals surface area (Å²) in [5, 5.41) is 3.06. The molecule has 3 aromatic carbocycles. The molecule has 4 rings (SSSR count). The summed E-state index contributed by atoms with van der Waals surface area (Å²) in [7, 11) is 1.46. The first-order valence-electron chi connectivity index (χ1n) is 10.5. The molecule has 0 fully saturated rings. The molecule has 0 aliphatic heterocycles. The molecule has 0 spiro atoms. The average Bonchev–Trinajstić information content (AvgIpc) is 2.84. The number of amides is 2. The van der Waals surface area contributed by atoms with Crippen LogP contribution < -0.4 is 10.9 Å². The van der Waals surface area contributed by atoms with Crippen molar-refractivity contribution in [1.82, 2.24) is 14.5 Å². The lowest BCUT2D eigenvalue weighted by molar-refractivity contribution is -0.131. The average molecular weight is 495 g/mol. The van der Waals surface area contributed by atoms with Gasteiger partial charge in [-0.2, -0.15) is 0 Å². The molecule has 178 valence electrons. The van der Waals surface area contributed by atoms with E-state index in [-0.39, 0.29) is 23.1 Å². The summed E-state index contributed by atoms with van der Waals surface area (Å²) in [6.45, 7) is -0.234. The van der Waals surface area contributed by atoms with E-state index in [1.165, 1.54) is 54.4 Å². The maximum Gasteiger partial charge on any atom is 0.266 e. The van der Waals surface area contributed by atoms with Gasteiger partial charge in [-0.1, -0.05) is 36.0 Å². The van der Waals surface area contributed by atoms with E-state index >= 15 is 0 Å². The van der Waals surface area contributed by atoms with Gasteiger partial charge in [0.15, 0.2) is 5.16 Å². The second-order valence-corrected chi connectivity index (χ2v) is 8.54. The highest BCUT2D eigenvalue weighted by Gasteiger charge is 2.19. The standard InChI is InChI=1S/C25H20F2N4O3S/c1-30(14-22(32)28-17-12-10-16(26)11-13-17)23(33)15-35-25-29-20-8-4-2-6-18(20)24(34)31(25)21-9-5-3-7-19(21)27/h2-13H,14-15H2,1H3,(H,28,32). The fraction of sp³-hybridized carbons (Fsp3) is 0.120. The Morgan fingerprint density at radius 3 is 2.43 bits per heavy atom. The highest BCUT2D eigenvalue weighted by molar-refractivity contribution is 7.99. The van der Waals surface area contributed by atoms with Crippen LogP contribution in [0.2, 0.25) is 0 Å². The number of benzene rings is 3. The van der Waals surface area contributed by atoms with Gasteiger partial charge in [0, 0.05) is 12.7 Å². The number of halogens is 2. The van der Waals surface area contributed by atoms with E-state index in [4.69, 9.17) is 0 Å². The Labute approximate surface area is 203 Å². The molecule has 0 unspecified atom stereocenters. The number of anilines is 1. The van der Waals surface area contributed by atoms with Crippen molar-refractivity contribution in [3.63, 3.8) is 0 Å². The van der Waals surface area contributed by atoms with Crippen LogP contribution in [0.3, 0.4) is 0 Å². The van der Waals surface area contributed by atoms with Crippen molar-refractivity contribution >= 4 is 40.2 Å².